The molecule has 0 aromatic heterocycles. The second-order valence-corrected chi connectivity index (χ2v) is 6.74. The molecule has 0 radical (unpaired) electrons. The van der Waals surface area contributed by atoms with Gasteiger partial charge in [0.15, 0.2) is 0 Å². The molecular formula is C17H26N2O3. The number of ether oxygens (including phenoxy) is 1. The van der Waals surface area contributed by atoms with Crippen LogP contribution in [0, 0.1) is 0 Å². The minimum absolute atomic E-state index is 0.0216. The molecule has 122 valence electrons. The summed E-state index contributed by atoms with van der Waals surface area (Å²) in [6.45, 7) is 7.20. The topological polar surface area (TPSA) is 61.8 Å². The fraction of sp³-hybridized carbons (Fsp3) is 0.588. The van der Waals surface area contributed by atoms with Gasteiger partial charge >= 0.3 is 6.09 Å². The maximum atomic E-state index is 11.8. The molecule has 5 heteroatoms. The lowest BCUT2D eigenvalue weighted by Crippen LogP contribution is -2.41. The van der Waals surface area contributed by atoms with E-state index < -0.39 is 5.60 Å². The third-order valence-corrected chi connectivity index (χ3v) is 3.74. The van der Waals surface area contributed by atoms with Crippen LogP contribution < -0.4 is 5.32 Å². The first-order chi connectivity index (χ1) is 10.4. The van der Waals surface area contributed by atoms with Crippen LogP contribution in [0.3, 0.4) is 0 Å². The summed E-state index contributed by atoms with van der Waals surface area (Å²) >= 11 is 0. The first-order valence-electron chi connectivity index (χ1n) is 7.78. The summed E-state index contributed by atoms with van der Waals surface area (Å²) in [5, 5.41) is 12.6. The van der Waals surface area contributed by atoms with Crippen LogP contribution in [0.4, 0.5) is 4.79 Å². The summed E-state index contributed by atoms with van der Waals surface area (Å²) < 4.78 is 5.29. The highest BCUT2D eigenvalue weighted by Gasteiger charge is 2.30. The third-order valence-electron chi connectivity index (χ3n) is 3.74. The van der Waals surface area contributed by atoms with E-state index in [0.29, 0.717) is 0 Å². The molecule has 0 bridgehead atoms. The lowest BCUT2D eigenvalue weighted by atomic mass is 10.1. The van der Waals surface area contributed by atoms with Gasteiger partial charge in [0, 0.05) is 19.1 Å². The molecule has 1 saturated heterocycles. The standard InChI is InChI=1S/C17H26N2O3/c1-17(2,3)22-16(21)18-14-9-10-19(11-14)15(12-20)13-7-5-4-6-8-13/h4-8,14-15,20H,9-12H2,1-3H3,(H,18,21)/t14-,15+/m1/s1. The van der Waals surface area contributed by atoms with Crippen LogP contribution in [-0.4, -0.2) is 47.4 Å². The fourth-order valence-corrected chi connectivity index (χ4v) is 2.77. The van der Waals surface area contributed by atoms with Crippen molar-refractivity contribution in [3.63, 3.8) is 0 Å². The van der Waals surface area contributed by atoms with Crippen molar-refractivity contribution in [2.45, 2.75) is 44.9 Å². The molecule has 1 aromatic carbocycles. The molecule has 5 nitrogen and oxygen atoms in total. The Hall–Kier alpha value is -1.59. The number of hydrogen-bond acceptors (Lipinski definition) is 4. The maximum Gasteiger partial charge on any atom is 0.407 e. The Balaban J connectivity index is 1.90. The monoisotopic (exact) mass is 306 g/mol. The van der Waals surface area contributed by atoms with E-state index in [0.717, 1.165) is 25.1 Å². The third kappa shape index (κ3) is 4.71. The van der Waals surface area contributed by atoms with Crippen LogP contribution >= 0.6 is 0 Å². The van der Waals surface area contributed by atoms with Crippen molar-refractivity contribution in [2.24, 2.45) is 0 Å². The summed E-state index contributed by atoms with van der Waals surface area (Å²) in [5.41, 5.74) is 0.614. The van der Waals surface area contributed by atoms with E-state index in [9.17, 15) is 9.90 Å². The lowest BCUT2D eigenvalue weighted by molar-refractivity contribution is 0.0503. The number of alkyl carbamates (subject to hydrolysis) is 1. The number of hydrogen-bond donors (Lipinski definition) is 2. The van der Waals surface area contributed by atoms with E-state index in [-0.39, 0.29) is 24.8 Å². The van der Waals surface area contributed by atoms with Gasteiger partial charge in [-0.1, -0.05) is 30.3 Å². The number of carbonyl (C=O) groups is 1. The number of nitrogens with one attached hydrogen (secondary N) is 1. The normalized spacial score (nSPS) is 20.6. The van der Waals surface area contributed by atoms with Gasteiger partial charge < -0.3 is 15.2 Å². The Labute approximate surface area is 132 Å². The van der Waals surface area contributed by atoms with Crippen LogP contribution in [0.15, 0.2) is 30.3 Å². The molecule has 1 fully saturated rings. The molecular weight excluding hydrogens is 280 g/mol. The average molecular weight is 306 g/mol. The van der Waals surface area contributed by atoms with E-state index in [2.05, 4.69) is 10.2 Å². The molecule has 1 aliphatic heterocycles. The molecule has 1 heterocycles. The lowest BCUT2D eigenvalue weighted by Gasteiger charge is -2.27. The van der Waals surface area contributed by atoms with Crippen molar-refractivity contribution in [3.8, 4) is 0 Å². The summed E-state index contributed by atoms with van der Waals surface area (Å²) in [4.78, 5) is 14.0. The molecule has 2 atom stereocenters. The molecule has 2 rings (SSSR count). The second-order valence-electron chi connectivity index (χ2n) is 6.74. The molecule has 1 aromatic rings. The zero-order valence-corrected chi connectivity index (χ0v) is 13.6. The number of nitrogens with zero attached hydrogens (tertiary/aromatic N) is 1. The highest BCUT2D eigenvalue weighted by Crippen LogP contribution is 2.24. The zero-order valence-electron chi connectivity index (χ0n) is 13.6. The molecule has 0 spiro atoms. The Morgan fingerprint density at radius 1 is 1.41 bits per heavy atom. The predicted octanol–water partition coefficient (Wildman–Crippen LogP) is 2.32. The van der Waals surface area contributed by atoms with E-state index in [1.165, 1.54) is 0 Å². The molecule has 0 saturated carbocycles. The average Bonchev–Trinajstić information content (AvgIpc) is 2.87. The fourth-order valence-electron chi connectivity index (χ4n) is 2.77. The van der Waals surface area contributed by atoms with Crippen molar-refractivity contribution >= 4 is 6.09 Å². The van der Waals surface area contributed by atoms with Gasteiger partial charge in [-0.25, -0.2) is 4.79 Å². The summed E-state index contributed by atoms with van der Waals surface area (Å²) in [5.74, 6) is 0. The van der Waals surface area contributed by atoms with E-state index >= 15 is 0 Å². The minimum Gasteiger partial charge on any atom is -0.444 e. The molecule has 1 aliphatic rings. The van der Waals surface area contributed by atoms with E-state index in [4.69, 9.17) is 4.74 Å². The highest BCUT2D eigenvalue weighted by atomic mass is 16.6. The number of carbonyl (C=O) groups excluding carboxylic acids is 1. The molecule has 0 aliphatic carbocycles. The van der Waals surface area contributed by atoms with Crippen LogP contribution in [-0.2, 0) is 4.74 Å². The number of likely N-dealkylation sites (tertiary alicyclic amines) is 1. The Bertz CT molecular complexity index is 484. The first kappa shape index (κ1) is 16.8. The van der Waals surface area contributed by atoms with Gasteiger partial charge in [0.25, 0.3) is 0 Å². The van der Waals surface area contributed by atoms with Crippen molar-refractivity contribution in [1.29, 1.82) is 0 Å². The van der Waals surface area contributed by atoms with Crippen LogP contribution in [0.1, 0.15) is 38.8 Å². The minimum atomic E-state index is -0.486. The maximum absolute atomic E-state index is 11.8. The Morgan fingerprint density at radius 3 is 2.68 bits per heavy atom. The molecule has 0 unspecified atom stereocenters. The SMILES string of the molecule is CC(C)(C)OC(=O)N[C@@H]1CCN([C@@H](CO)c2ccccc2)C1. The van der Waals surface area contributed by atoms with E-state index in [1.807, 2.05) is 51.1 Å². The predicted molar refractivity (Wildman–Crippen MR) is 85.6 cm³/mol. The molecule has 2 N–H and O–H groups in total. The number of benzene rings is 1. The first-order valence-corrected chi connectivity index (χ1v) is 7.78. The number of rotatable bonds is 4. The smallest absolute Gasteiger partial charge is 0.407 e. The number of amides is 1. The van der Waals surface area contributed by atoms with Crippen molar-refractivity contribution in [3.05, 3.63) is 35.9 Å². The van der Waals surface area contributed by atoms with Gasteiger partial charge in [-0.2, -0.15) is 0 Å². The van der Waals surface area contributed by atoms with Crippen molar-refractivity contribution < 1.29 is 14.6 Å². The Kier molecular flexibility index (Phi) is 5.42. The van der Waals surface area contributed by atoms with Gasteiger partial charge in [-0.15, -0.1) is 0 Å². The summed E-state index contributed by atoms with van der Waals surface area (Å²) in [6.07, 6.45) is 0.488. The largest absolute Gasteiger partial charge is 0.444 e. The van der Waals surface area contributed by atoms with Gasteiger partial charge in [-0.3, -0.25) is 4.90 Å². The molecule has 1 amide bonds. The van der Waals surface area contributed by atoms with Crippen LogP contribution in [0.5, 0.6) is 0 Å². The molecule has 22 heavy (non-hydrogen) atoms. The second kappa shape index (κ2) is 7.11. The van der Waals surface area contributed by atoms with Gasteiger partial charge in [0.1, 0.15) is 5.60 Å². The van der Waals surface area contributed by atoms with Crippen LogP contribution in [0.25, 0.3) is 0 Å². The zero-order chi connectivity index (χ0) is 16.2. The van der Waals surface area contributed by atoms with E-state index in [1.54, 1.807) is 0 Å². The summed E-state index contributed by atoms with van der Waals surface area (Å²) in [7, 11) is 0. The number of aliphatic hydroxyl groups excluding tert-OH is 1. The number of aliphatic hydroxyl groups is 1. The highest BCUT2D eigenvalue weighted by molar-refractivity contribution is 5.68. The van der Waals surface area contributed by atoms with Gasteiger partial charge in [0.2, 0.25) is 0 Å². The van der Waals surface area contributed by atoms with Crippen molar-refractivity contribution in [1.82, 2.24) is 10.2 Å². The van der Waals surface area contributed by atoms with Gasteiger partial charge in [-0.05, 0) is 32.8 Å². The summed E-state index contributed by atoms with van der Waals surface area (Å²) in [6, 6.07) is 10.0. The van der Waals surface area contributed by atoms with Crippen molar-refractivity contribution in [2.75, 3.05) is 19.7 Å². The van der Waals surface area contributed by atoms with Crippen LogP contribution in [0.2, 0.25) is 0 Å². The Morgan fingerprint density at radius 2 is 2.09 bits per heavy atom. The quantitative estimate of drug-likeness (QED) is 0.896. The van der Waals surface area contributed by atoms with Gasteiger partial charge in [0.05, 0.1) is 12.6 Å².